The van der Waals surface area contributed by atoms with Gasteiger partial charge in [0.05, 0.1) is 0 Å². The van der Waals surface area contributed by atoms with Crippen molar-refractivity contribution in [1.82, 2.24) is 4.57 Å². The van der Waals surface area contributed by atoms with Gasteiger partial charge in [0.2, 0.25) is 0 Å². The number of aryl methyl sites for hydroxylation is 1. The summed E-state index contributed by atoms with van der Waals surface area (Å²) in [6, 6.07) is 11.3. The first-order valence-electron chi connectivity index (χ1n) is 5.17. The maximum Gasteiger partial charge on any atom is 0.363 e. The van der Waals surface area contributed by atoms with Crippen molar-refractivity contribution in [1.29, 1.82) is 0 Å². The second kappa shape index (κ2) is 4.91. The molecule has 0 aliphatic carbocycles. The van der Waals surface area contributed by atoms with Gasteiger partial charge >= 0.3 is 26.8 Å². The van der Waals surface area contributed by atoms with Gasteiger partial charge in [0, 0.05) is 12.7 Å². The Labute approximate surface area is 110 Å². The molecule has 17 heavy (non-hydrogen) atoms. The Morgan fingerprint density at radius 2 is 1.88 bits per heavy atom. The van der Waals surface area contributed by atoms with Crippen LogP contribution in [0, 0.1) is 14.1 Å². The van der Waals surface area contributed by atoms with Gasteiger partial charge in [-0.1, -0.05) is 18.2 Å². The van der Waals surface area contributed by atoms with Crippen LogP contribution in [0.2, 0.25) is 0 Å². The zero-order valence-electron chi connectivity index (χ0n) is 9.61. The van der Waals surface area contributed by atoms with E-state index in [0.29, 0.717) is 9.26 Å². The van der Waals surface area contributed by atoms with Crippen molar-refractivity contribution in [2.24, 2.45) is 7.05 Å². The summed E-state index contributed by atoms with van der Waals surface area (Å²) in [5, 5.41) is 11.8. The second-order valence-electron chi connectivity index (χ2n) is 3.72. The third kappa shape index (κ3) is 2.52. The number of halogens is 1. The van der Waals surface area contributed by atoms with Crippen LogP contribution in [0.15, 0.2) is 41.2 Å². The van der Waals surface area contributed by atoms with E-state index in [-0.39, 0.29) is 11.3 Å². The molecule has 0 spiro atoms. The van der Waals surface area contributed by atoms with Crippen LogP contribution < -0.4 is 31.9 Å². The summed E-state index contributed by atoms with van der Waals surface area (Å²) in [4.78, 5) is 12.0. The number of aromatic nitrogens is 1. The van der Waals surface area contributed by atoms with Crippen LogP contribution in [-0.2, 0) is 7.05 Å². The molecule has 0 amide bonds. The molecular formula is C13H12INO2. The van der Waals surface area contributed by atoms with Crippen LogP contribution >= 0.6 is 0 Å². The molecular weight excluding hydrogens is 329 g/mol. The van der Waals surface area contributed by atoms with Crippen molar-refractivity contribution in [3.05, 3.63) is 59.6 Å². The molecule has 88 valence electrons. The molecule has 0 fully saturated rings. The average Bonchev–Trinajstić information content (AvgIpc) is 2.33. The highest BCUT2D eigenvalue weighted by molar-refractivity contribution is 5.19. The summed E-state index contributed by atoms with van der Waals surface area (Å²) < 4.78 is 3.08. The summed E-state index contributed by atoms with van der Waals surface area (Å²) in [6.45, 7) is 1.77. The molecule has 0 saturated heterocycles. The topological polar surface area (TPSA) is 45.1 Å². The summed E-state index contributed by atoms with van der Waals surface area (Å²) in [5.74, 6) is -0.123. The summed E-state index contributed by atoms with van der Waals surface area (Å²) in [7, 11) is 1.70. The van der Waals surface area contributed by atoms with Crippen LogP contribution in [0.25, 0.3) is 0 Å². The number of benzene rings is 1. The van der Waals surface area contributed by atoms with E-state index in [2.05, 4.69) is 0 Å². The molecule has 0 atom stereocenters. The molecule has 0 aliphatic rings. The molecule has 0 aliphatic heterocycles. The lowest BCUT2D eigenvalue weighted by atomic mass is 10.3. The Balaban J connectivity index is 2.47. The number of hydrogen-bond acceptors (Lipinski definition) is 2. The van der Waals surface area contributed by atoms with Crippen molar-refractivity contribution in [2.45, 2.75) is 6.92 Å². The largest absolute Gasteiger partial charge is 0.869 e. The minimum Gasteiger partial charge on any atom is -0.869 e. The Morgan fingerprint density at radius 1 is 1.24 bits per heavy atom. The number of rotatable bonds is 2. The number of nitrogens with zero attached hydrogens (tertiary/aromatic N) is 1. The van der Waals surface area contributed by atoms with Crippen molar-refractivity contribution < 1.29 is 26.3 Å². The summed E-state index contributed by atoms with van der Waals surface area (Å²) in [6.07, 6.45) is 0. The third-order valence-corrected chi connectivity index (χ3v) is 5.39. The first-order valence-corrected chi connectivity index (χ1v) is 7.33. The minimum absolute atomic E-state index is 0.123. The Kier molecular flexibility index (Phi) is 3.51. The van der Waals surface area contributed by atoms with E-state index in [1.54, 1.807) is 24.6 Å². The molecule has 1 aromatic carbocycles. The highest BCUT2D eigenvalue weighted by Gasteiger charge is 2.21. The van der Waals surface area contributed by atoms with E-state index in [1.165, 1.54) is 0 Å². The van der Waals surface area contributed by atoms with Crippen molar-refractivity contribution in [3.63, 3.8) is 0 Å². The van der Waals surface area contributed by atoms with Crippen molar-refractivity contribution in [3.8, 4) is 5.75 Å². The van der Waals surface area contributed by atoms with E-state index < -0.39 is 21.2 Å². The average molecular weight is 341 g/mol. The van der Waals surface area contributed by atoms with Crippen LogP contribution in [0.4, 0.5) is 0 Å². The lowest BCUT2D eigenvalue weighted by Gasteiger charge is -2.09. The highest BCUT2D eigenvalue weighted by atomic mass is 127. The lowest BCUT2D eigenvalue weighted by Crippen LogP contribution is -3.62. The van der Waals surface area contributed by atoms with Crippen LogP contribution in [-0.4, -0.2) is 4.57 Å². The van der Waals surface area contributed by atoms with Gasteiger partial charge < -0.3 is 9.67 Å². The van der Waals surface area contributed by atoms with Crippen molar-refractivity contribution >= 4 is 0 Å². The Morgan fingerprint density at radius 3 is 2.53 bits per heavy atom. The van der Waals surface area contributed by atoms with E-state index in [1.807, 2.05) is 30.3 Å². The molecule has 2 rings (SSSR count). The molecule has 1 heterocycles. The fraction of sp³-hybridized carbons (Fsp3) is 0.154. The van der Waals surface area contributed by atoms with Gasteiger partial charge in [0.15, 0.2) is 3.57 Å². The van der Waals surface area contributed by atoms with Gasteiger partial charge in [-0.05, 0) is 30.9 Å². The zero-order chi connectivity index (χ0) is 12.4. The normalized spacial score (nSPS) is 10.5. The molecule has 0 saturated carbocycles. The van der Waals surface area contributed by atoms with E-state index in [4.69, 9.17) is 0 Å². The van der Waals surface area contributed by atoms with E-state index >= 15 is 0 Å². The molecule has 3 nitrogen and oxygen atoms in total. The standard InChI is InChI=1S/C13H12INO2/c1-9-8-11(16)12(13(17)15(9)2)14-10-6-4-3-5-7-10/h3-8H,1-2H3. The molecule has 0 N–H and O–H groups in total. The minimum atomic E-state index is -0.690. The number of hydrogen-bond donors (Lipinski definition) is 0. The van der Waals surface area contributed by atoms with Gasteiger partial charge in [-0.3, -0.25) is 4.79 Å². The van der Waals surface area contributed by atoms with Gasteiger partial charge in [-0.2, -0.15) is 0 Å². The molecule has 1 aromatic heterocycles. The first kappa shape index (κ1) is 12.2. The molecule has 4 heteroatoms. The monoisotopic (exact) mass is 341 g/mol. The zero-order valence-corrected chi connectivity index (χ0v) is 11.8. The third-order valence-electron chi connectivity index (χ3n) is 2.51. The molecule has 2 aromatic rings. The maximum atomic E-state index is 12.0. The van der Waals surface area contributed by atoms with Gasteiger partial charge in [-0.15, -0.1) is 0 Å². The number of pyridine rings is 1. The molecule has 0 bridgehead atoms. The fourth-order valence-electron chi connectivity index (χ4n) is 1.44. The quantitative estimate of drug-likeness (QED) is 0.588. The molecule has 0 unspecified atom stereocenters. The Hall–Kier alpha value is -1.30. The Bertz CT molecular complexity index is 590. The SMILES string of the molecule is Cc1cc([O-])c([I+]c2ccccc2)c(=O)n1C. The van der Waals surface area contributed by atoms with Gasteiger partial charge in [0.25, 0.3) is 3.57 Å². The van der Waals surface area contributed by atoms with Crippen LogP contribution in [0.3, 0.4) is 0 Å². The van der Waals surface area contributed by atoms with Crippen LogP contribution in [0.5, 0.6) is 5.75 Å². The maximum absolute atomic E-state index is 12.0. The lowest BCUT2D eigenvalue weighted by molar-refractivity contribution is -0.605. The van der Waals surface area contributed by atoms with Gasteiger partial charge in [-0.25, -0.2) is 0 Å². The predicted molar refractivity (Wildman–Crippen MR) is 59.7 cm³/mol. The van der Waals surface area contributed by atoms with Crippen molar-refractivity contribution in [2.75, 3.05) is 0 Å². The molecule has 0 radical (unpaired) electrons. The van der Waals surface area contributed by atoms with E-state index in [0.717, 1.165) is 3.57 Å². The second-order valence-corrected chi connectivity index (χ2v) is 6.58. The first-order chi connectivity index (χ1) is 8.09. The fourth-order valence-corrected chi connectivity index (χ4v) is 3.85. The summed E-state index contributed by atoms with van der Waals surface area (Å²) in [5.41, 5.74) is 0.562. The van der Waals surface area contributed by atoms with Crippen LogP contribution in [0.1, 0.15) is 5.69 Å². The van der Waals surface area contributed by atoms with E-state index in [9.17, 15) is 9.90 Å². The predicted octanol–water partition coefficient (Wildman–Crippen LogP) is -2.10. The highest BCUT2D eigenvalue weighted by Crippen LogP contribution is 2.02. The summed E-state index contributed by atoms with van der Waals surface area (Å²) >= 11 is -0.690. The van der Waals surface area contributed by atoms with Gasteiger partial charge in [0.1, 0.15) is 0 Å². The smallest absolute Gasteiger partial charge is 0.363 e.